The number of fused-ring (bicyclic) bond motifs is 5. The number of hydrogen-bond acceptors (Lipinski definition) is 4. The third kappa shape index (κ3) is 6.83. The van der Waals surface area contributed by atoms with E-state index >= 15 is 0 Å². The van der Waals surface area contributed by atoms with Gasteiger partial charge >= 0.3 is 6.03 Å². The SMILES string of the molecule is CC[C@@H]1C2C[C@H](O)CC[C@]2(C)C2CC[C@@]3(C)C(CCC3[C@H](C)CNC(=O)NCC(CP=O)c3ccc(C4CCCCC4)cc3)C2[C@@H]1O. The van der Waals surface area contributed by atoms with E-state index in [0.29, 0.717) is 60.7 Å². The van der Waals surface area contributed by atoms with E-state index in [2.05, 4.69) is 62.6 Å². The first kappa shape index (κ1) is 35.3. The average Bonchev–Trinajstić information content (AvgIpc) is 3.44. The smallest absolute Gasteiger partial charge is 0.314 e. The first-order chi connectivity index (χ1) is 22.6. The lowest BCUT2D eigenvalue weighted by Gasteiger charge is -2.64. The fourth-order valence-electron chi connectivity index (χ4n) is 12.5. The fourth-order valence-corrected chi connectivity index (χ4v) is 13.0. The largest absolute Gasteiger partial charge is 0.393 e. The summed E-state index contributed by atoms with van der Waals surface area (Å²) in [4.78, 5) is 13.1. The minimum Gasteiger partial charge on any atom is -0.393 e. The zero-order valence-corrected chi connectivity index (χ0v) is 30.5. The van der Waals surface area contributed by atoms with Crippen molar-refractivity contribution < 1.29 is 19.6 Å². The summed E-state index contributed by atoms with van der Waals surface area (Å²) < 4.78 is 11.6. The summed E-state index contributed by atoms with van der Waals surface area (Å²) in [5, 5.41) is 28.9. The van der Waals surface area contributed by atoms with Crippen LogP contribution in [0.3, 0.4) is 0 Å². The molecule has 0 saturated heterocycles. The molecule has 2 amide bonds. The van der Waals surface area contributed by atoms with Gasteiger partial charge in [0.2, 0.25) is 0 Å². The van der Waals surface area contributed by atoms with E-state index in [1.54, 1.807) is 0 Å². The summed E-state index contributed by atoms with van der Waals surface area (Å²) in [6.45, 7) is 10.7. The van der Waals surface area contributed by atoms with Crippen LogP contribution in [0.5, 0.6) is 0 Å². The molecule has 5 fully saturated rings. The van der Waals surface area contributed by atoms with Crippen LogP contribution in [0, 0.1) is 52.3 Å². The molecule has 6 nitrogen and oxygen atoms in total. The van der Waals surface area contributed by atoms with Crippen LogP contribution < -0.4 is 10.6 Å². The van der Waals surface area contributed by atoms with E-state index in [0.717, 1.165) is 31.2 Å². The maximum Gasteiger partial charge on any atom is 0.314 e. The highest BCUT2D eigenvalue weighted by Crippen LogP contribution is 2.69. The molecule has 0 spiro atoms. The van der Waals surface area contributed by atoms with E-state index in [9.17, 15) is 19.6 Å². The van der Waals surface area contributed by atoms with Gasteiger partial charge in [-0.15, -0.1) is 0 Å². The lowest BCUT2D eigenvalue weighted by atomic mass is 9.41. The van der Waals surface area contributed by atoms with Crippen LogP contribution in [0.4, 0.5) is 4.79 Å². The van der Waals surface area contributed by atoms with Gasteiger partial charge in [-0.1, -0.05) is 77.6 Å². The highest BCUT2D eigenvalue weighted by atomic mass is 31.1. The predicted molar refractivity (Wildman–Crippen MR) is 190 cm³/mol. The number of aliphatic hydroxyl groups is 2. The summed E-state index contributed by atoms with van der Waals surface area (Å²) in [7, 11) is 0.103. The molecule has 6 rings (SSSR count). The van der Waals surface area contributed by atoms with E-state index < -0.39 is 0 Å². The molecule has 6 unspecified atom stereocenters. The van der Waals surface area contributed by atoms with Gasteiger partial charge in [0.1, 0.15) is 0 Å². The van der Waals surface area contributed by atoms with Crippen LogP contribution in [0.2, 0.25) is 0 Å². The van der Waals surface area contributed by atoms with Crippen molar-refractivity contribution in [2.75, 3.05) is 19.3 Å². The first-order valence-corrected chi connectivity index (χ1v) is 20.4. The number of rotatable bonds is 10. The Bertz CT molecular complexity index is 1220. The van der Waals surface area contributed by atoms with Crippen molar-refractivity contribution in [1.29, 1.82) is 0 Å². The third-order valence-corrected chi connectivity index (χ3v) is 15.6. The second kappa shape index (κ2) is 14.8. The van der Waals surface area contributed by atoms with E-state index in [-0.39, 0.29) is 49.4 Å². The molecular formula is C40H63N2O4P. The van der Waals surface area contributed by atoms with Gasteiger partial charge in [-0.2, -0.15) is 0 Å². The summed E-state index contributed by atoms with van der Waals surface area (Å²) >= 11 is 0. The monoisotopic (exact) mass is 666 g/mol. The molecule has 5 aliphatic rings. The van der Waals surface area contributed by atoms with Gasteiger partial charge in [-0.3, -0.25) is 4.57 Å². The number of nitrogens with one attached hydrogen (secondary N) is 2. The standard InChI is InChI=1S/C40H63N2O4P/c1-5-31-35-21-30(43)17-19-40(35,4)34-18-20-39(3)32(15-16-33(39)36(34)37(31)44)25(2)22-41-38(45)42-23-29(24-47-46)28-13-11-27(12-14-28)26-9-7-6-8-10-26/h11-14,25-26,29-37,43-44H,5-10,15-24H2,1-4H3,(H2,41,42,45)/t25-,29?,30-,31-,32?,33?,34?,35?,36?,37-,39-,40-/m1/s1. The van der Waals surface area contributed by atoms with Crippen LogP contribution >= 0.6 is 8.46 Å². The summed E-state index contributed by atoms with van der Waals surface area (Å²) in [6, 6.07) is 8.71. The molecule has 5 saturated carbocycles. The van der Waals surface area contributed by atoms with Crippen molar-refractivity contribution >= 4 is 14.5 Å². The zero-order valence-electron chi connectivity index (χ0n) is 29.6. The molecule has 0 heterocycles. The highest BCUT2D eigenvalue weighted by Gasteiger charge is 2.64. The molecule has 47 heavy (non-hydrogen) atoms. The molecular weight excluding hydrogens is 603 g/mol. The Kier molecular flexibility index (Phi) is 11.1. The molecule has 7 heteroatoms. The van der Waals surface area contributed by atoms with Crippen LogP contribution in [0.25, 0.3) is 0 Å². The molecule has 0 aliphatic heterocycles. The molecule has 1 aromatic carbocycles. The minimum atomic E-state index is -0.277. The molecule has 0 radical (unpaired) electrons. The minimum absolute atomic E-state index is 0.0187. The molecule has 4 N–H and O–H groups in total. The Morgan fingerprint density at radius 3 is 2.28 bits per heavy atom. The third-order valence-electron chi connectivity index (χ3n) is 15.0. The van der Waals surface area contributed by atoms with Crippen molar-refractivity contribution in [2.24, 2.45) is 52.3 Å². The normalized spacial score (nSPS) is 40.1. The van der Waals surface area contributed by atoms with Crippen LogP contribution in [-0.2, 0) is 4.57 Å². The van der Waals surface area contributed by atoms with Gasteiger partial charge in [0.25, 0.3) is 0 Å². The maximum atomic E-state index is 13.1. The lowest BCUT2D eigenvalue weighted by molar-refractivity contribution is -0.203. The highest BCUT2D eigenvalue weighted by molar-refractivity contribution is 7.23. The second-order valence-electron chi connectivity index (χ2n) is 17.2. The Morgan fingerprint density at radius 1 is 0.894 bits per heavy atom. The van der Waals surface area contributed by atoms with E-state index in [1.807, 2.05) is 0 Å². The Morgan fingerprint density at radius 2 is 1.57 bits per heavy atom. The number of amides is 2. The van der Waals surface area contributed by atoms with Crippen molar-refractivity contribution in [2.45, 2.75) is 135 Å². The lowest BCUT2D eigenvalue weighted by Crippen LogP contribution is -2.62. The van der Waals surface area contributed by atoms with Gasteiger partial charge in [-0.25, -0.2) is 4.79 Å². The molecule has 262 valence electrons. The van der Waals surface area contributed by atoms with Crippen LogP contribution in [0.1, 0.15) is 134 Å². The number of urea groups is 1. The molecule has 0 aromatic heterocycles. The zero-order chi connectivity index (χ0) is 33.3. The second-order valence-corrected chi connectivity index (χ2v) is 17.8. The molecule has 12 atom stereocenters. The summed E-state index contributed by atoms with van der Waals surface area (Å²) in [5.74, 6) is 3.66. The number of carbonyl (C=O) groups excluding carboxylic acids is 1. The quantitative estimate of drug-likeness (QED) is 0.188. The van der Waals surface area contributed by atoms with E-state index in [1.165, 1.54) is 63.4 Å². The summed E-state index contributed by atoms with van der Waals surface area (Å²) in [6.07, 6.45) is 15.1. The maximum absolute atomic E-state index is 13.1. The number of aliphatic hydroxyl groups excluding tert-OH is 2. The van der Waals surface area contributed by atoms with Gasteiger partial charge in [-0.05, 0) is 127 Å². The van der Waals surface area contributed by atoms with E-state index in [4.69, 9.17) is 0 Å². The van der Waals surface area contributed by atoms with Crippen molar-refractivity contribution in [1.82, 2.24) is 10.6 Å². The van der Waals surface area contributed by atoms with Crippen LogP contribution in [-0.4, -0.2) is 47.7 Å². The Balaban J connectivity index is 1.04. The fraction of sp³-hybridized carbons (Fsp3) is 0.825. The molecule has 0 bridgehead atoms. The Hall–Kier alpha value is -1.49. The van der Waals surface area contributed by atoms with Gasteiger partial charge in [0.15, 0.2) is 8.46 Å². The van der Waals surface area contributed by atoms with Gasteiger partial charge in [0, 0.05) is 25.2 Å². The number of carbonyl (C=O) groups is 1. The molecule has 1 aromatic rings. The van der Waals surface area contributed by atoms with Crippen LogP contribution in [0.15, 0.2) is 24.3 Å². The topological polar surface area (TPSA) is 98.7 Å². The first-order valence-electron chi connectivity index (χ1n) is 19.4. The Labute approximate surface area is 286 Å². The van der Waals surface area contributed by atoms with Gasteiger partial charge in [0.05, 0.1) is 12.2 Å². The average molecular weight is 667 g/mol. The molecule has 5 aliphatic carbocycles. The van der Waals surface area contributed by atoms with Crippen molar-refractivity contribution in [3.63, 3.8) is 0 Å². The van der Waals surface area contributed by atoms with Gasteiger partial charge < -0.3 is 20.8 Å². The van der Waals surface area contributed by atoms with Crippen molar-refractivity contribution in [3.05, 3.63) is 35.4 Å². The summed E-state index contributed by atoms with van der Waals surface area (Å²) in [5.41, 5.74) is 2.95. The number of benzene rings is 1. The number of hydrogen-bond donors (Lipinski definition) is 4. The predicted octanol–water partition coefficient (Wildman–Crippen LogP) is 8.67. The van der Waals surface area contributed by atoms with Crippen molar-refractivity contribution in [3.8, 4) is 0 Å².